The van der Waals surface area contributed by atoms with Gasteiger partial charge in [0.05, 0.1) is 28.8 Å². The van der Waals surface area contributed by atoms with Gasteiger partial charge in [0, 0.05) is 17.2 Å². The molecule has 0 fully saturated rings. The van der Waals surface area contributed by atoms with Crippen LogP contribution in [-0.2, 0) is 6.61 Å². The summed E-state index contributed by atoms with van der Waals surface area (Å²) >= 11 is 12.0. The van der Waals surface area contributed by atoms with Gasteiger partial charge in [0.25, 0.3) is 11.6 Å². The third-order valence-corrected chi connectivity index (χ3v) is 5.34. The smallest absolute Gasteiger partial charge is 0.291 e. The van der Waals surface area contributed by atoms with Crippen LogP contribution in [0.2, 0.25) is 10.0 Å². The van der Waals surface area contributed by atoms with E-state index in [0.29, 0.717) is 33.1 Å². The number of para-hydroxylation sites is 2. The molecule has 0 unspecified atom stereocenters. The van der Waals surface area contributed by atoms with Crippen LogP contribution in [0.5, 0.6) is 23.0 Å². The zero-order valence-electron chi connectivity index (χ0n) is 18.7. The highest BCUT2D eigenvalue weighted by molar-refractivity contribution is 6.35. The number of ether oxygens (including phenoxy) is 3. The van der Waals surface area contributed by atoms with Gasteiger partial charge >= 0.3 is 0 Å². The van der Waals surface area contributed by atoms with Crippen LogP contribution in [0.1, 0.15) is 16.3 Å². The number of nitro groups is 1. The number of hydrogen-bond donors (Lipinski definition) is 1. The summed E-state index contributed by atoms with van der Waals surface area (Å²) in [5.74, 6) is 1.07. The van der Waals surface area contributed by atoms with Crippen molar-refractivity contribution < 1.29 is 28.3 Å². The van der Waals surface area contributed by atoms with Crippen LogP contribution in [0.3, 0.4) is 0 Å². The molecule has 0 radical (unpaired) electrons. The fourth-order valence-electron chi connectivity index (χ4n) is 3.16. The Bertz CT molecular complexity index is 1420. The maximum atomic E-state index is 12.7. The van der Waals surface area contributed by atoms with E-state index in [4.69, 9.17) is 41.8 Å². The molecule has 3 aromatic carbocycles. The monoisotopic (exact) mass is 528 g/mol. The zero-order valence-corrected chi connectivity index (χ0v) is 20.2. The summed E-state index contributed by atoms with van der Waals surface area (Å²) in [5.41, 5.74) is -0.132. The second-order valence-electron chi connectivity index (χ2n) is 7.31. The standard InChI is InChI=1S/C25H18Cl2N2O7/c1-33-22-4-2-3-5-23(22)36-19-12-16(11-17(13-19)29(31)32)28-25(30)24-9-7-18(35-24)14-34-21-8-6-15(26)10-20(21)27/h2-13H,14H2,1H3,(H,28,30). The van der Waals surface area contributed by atoms with Crippen molar-refractivity contribution in [3.63, 3.8) is 0 Å². The van der Waals surface area contributed by atoms with Gasteiger partial charge in [0.15, 0.2) is 17.3 Å². The number of nitrogens with zero attached hydrogens (tertiary/aromatic N) is 1. The van der Waals surface area contributed by atoms with E-state index in [0.717, 1.165) is 0 Å². The molecule has 1 aromatic heterocycles. The lowest BCUT2D eigenvalue weighted by Crippen LogP contribution is -2.11. The van der Waals surface area contributed by atoms with Crippen molar-refractivity contribution in [2.24, 2.45) is 0 Å². The molecule has 0 aliphatic rings. The van der Waals surface area contributed by atoms with Gasteiger partial charge in [-0.05, 0) is 42.5 Å². The molecule has 36 heavy (non-hydrogen) atoms. The number of non-ortho nitro benzene ring substituents is 1. The summed E-state index contributed by atoms with van der Waals surface area (Å²) in [6.07, 6.45) is 0. The molecular weight excluding hydrogens is 511 g/mol. The molecule has 0 bridgehead atoms. The van der Waals surface area contributed by atoms with Crippen LogP contribution in [0.4, 0.5) is 11.4 Å². The molecule has 1 amide bonds. The van der Waals surface area contributed by atoms with Gasteiger partial charge in [-0.15, -0.1) is 0 Å². The number of carbonyl (C=O) groups excluding carboxylic acids is 1. The van der Waals surface area contributed by atoms with Gasteiger partial charge < -0.3 is 23.9 Å². The highest BCUT2D eigenvalue weighted by Gasteiger charge is 2.17. The van der Waals surface area contributed by atoms with E-state index in [9.17, 15) is 14.9 Å². The Balaban J connectivity index is 1.48. The number of methoxy groups -OCH3 is 1. The molecule has 9 nitrogen and oxygen atoms in total. The predicted molar refractivity (Wildman–Crippen MR) is 134 cm³/mol. The first-order valence-electron chi connectivity index (χ1n) is 10.4. The molecule has 0 aliphatic carbocycles. The second kappa shape index (κ2) is 11.0. The van der Waals surface area contributed by atoms with Crippen molar-refractivity contribution in [3.8, 4) is 23.0 Å². The van der Waals surface area contributed by atoms with Crippen molar-refractivity contribution in [1.82, 2.24) is 0 Å². The van der Waals surface area contributed by atoms with Gasteiger partial charge in [0.2, 0.25) is 0 Å². The Kier molecular flexibility index (Phi) is 7.62. The number of amides is 1. The first-order chi connectivity index (χ1) is 17.3. The van der Waals surface area contributed by atoms with E-state index in [-0.39, 0.29) is 29.5 Å². The van der Waals surface area contributed by atoms with Gasteiger partial charge in [-0.2, -0.15) is 0 Å². The Morgan fingerprint density at radius 3 is 2.50 bits per heavy atom. The Morgan fingerprint density at radius 1 is 1.00 bits per heavy atom. The first-order valence-corrected chi connectivity index (χ1v) is 11.2. The average Bonchev–Trinajstić information content (AvgIpc) is 3.33. The number of nitro benzene ring substituents is 1. The van der Waals surface area contributed by atoms with Crippen molar-refractivity contribution in [2.75, 3.05) is 12.4 Å². The van der Waals surface area contributed by atoms with Gasteiger partial charge in [-0.3, -0.25) is 14.9 Å². The molecule has 0 atom stereocenters. The summed E-state index contributed by atoms with van der Waals surface area (Å²) in [6.45, 7) is 0.0162. The number of halogens is 2. The molecule has 1 heterocycles. The van der Waals surface area contributed by atoms with Crippen molar-refractivity contribution in [3.05, 3.63) is 104 Å². The van der Waals surface area contributed by atoms with E-state index >= 15 is 0 Å². The highest BCUT2D eigenvalue weighted by Crippen LogP contribution is 2.34. The fraction of sp³-hybridized carbons (Fsp3) is 0.0800. The number of furan rings is 1. The molecule has 4 rings (SSSR count). The third kappa shape index (κ3) is 6.07. The Morgan fingerprint density at radius 2 is 1.78 bits per heavy atom. The van der Waals surface area contributed by atoms with Crippen LogP contribution in [0.25, 0.3) is 0 Å². The third-order valence-electron chi connectivity index (χ3n) is 4.81. The first kappa shape index (κ1) is 24.9. The molecule has 0 aliphatic heterocycles. The highest BCUT2D eigenvalue weighted by atomic mass is 35.5. The predicted octanol–water partition coefficient (Wildman–Crippen LogP) is 7.13. The van der Waals surface area contributed by atoms with Crippen LogP contribution in [-0.4, -0.2) is 17.9 Å². The van der Waals surface area contributed by atoms with Crippen molar-refractivity contribution in [1.29, 1.82) is 0 Å². The number of anilines is 1. The van der Waals surface area contributed by atoms with E-state index in [2.05, 4.69) is 5.32 Å². The molecular formula is C25H18Cl2N2O7. The van der Waals surface area contributed by atoms with Crippen LogP contribution in [0.15, 0.2) is 77.2 Å². The molecule has 184 valence electrons. The van der Waals surface area contributed by atoms with Crippen molar-refractivity contribution >= 4 is 40.5 Å². The maximum absolute atomic E-state index is 12.7. The number of hydrogen-bond acceptors (Lipinski definition) is 7. The number of carbonyl (C=O) groups is 1. The quantitative estimate of drug-likeness (QED) is 0.181. The maximum Gasteiger partial charge on any atom is 0.291 e. The Hall–Kier alpha value is -4.21. The summed E-state index contributed by atoms with van der Waals surface area (Å²) in [7, 11) is 1.48. The van der Waals surface area contributed by atoms with Crippen LogP contribution >= 0.6 is 23.2 Å². The van der Waals surface area contributed by atoms with Crippen LogP contribution < -0.4 is 19.5 Å². The van der Waals surface area contributed by atoms with E-state index in [1.807, 2.05) is 0 Å². The number of benzene rings is 3. The summed E-state index contributed by atoms with van der Waals surface area (Å²) in [6, 6.07) is 18.6. The molecule has 0 saturated carbocycles. The summed E-state index contributed by atoms with van der Waals surface area (Å²) in [5, 5.41) is 14.8. The van der Waals surface area contributed by atoms with Gasteiger partial charge in [-0.25, -0.2) is 0 Å². The molecule has 11 heteroatoms. The lowest BCUT2D eigenvalue weighted by atomic mass is 10.2. The Labute approximate surface area is 215 Å². The number of nitrogens with one attached hydrogen (secondary N) is 1. The average molecular weight is 529 g/mol. The van der Waals surface area contributed by atoms with Gasteiger partial charge in [-0.1, -0.05) is 35.3 Å². The minimum absolute atomic E-state index is 0.0162. The summed E-state index contributed by atoms with van der Waals surface area (Å²) in [4.78, 5) is 23.6. The minimum atomic E-state index is -0.616. The van der Waals surface area contributed by atoms with E-state index in [1.54, 1.807) is 48.5 Å². The summed E-state index contributed by atoms with van der Waals surface area (Å²) < 4.78 is 22.2. The second-order valence-corrected chi connectivity index (χ2v) is 8.15. The fourth-order valence-corrected chi connectivity index (χ4v) is 3.62. The molecule has 0 spiro atoms. The zero-order chi connectivity index (χ0) is 25.7. The molecule has 0 saturated heterocycles. The van der Waals surface area contributed by atoms with E-state index in [1.165, 1.54) is 31.4 Å². The lowest BCUT2D eigenvalue weighted by Gasteiger charge is -2.11. The van der Waals surface area contributed by atoms with E-state index < -0.39 is 10.8 Å². The molecule has 4 aromatic rings. The largest absolute Gasteiger partial charge is 0.493 e. The SMILES string of the molecule is COc1ccccc1Oc1cc(NC(=O)c2ccc(COc3ccc(Cl)cc3Cl)o2)cc([N+](=O)[O-])c1. The number of rotatable bonds is 9. The minimum Gasteiger partial charge on any atom is -0.493 e. The normalized spacial score (nSPS) is 10.5. The molecule has 1 N–H and O–H groups in total. The van der Waals surface area contributed by atoms with Gasteiger partial charge in [0.1, 0.15) is 23.9 Å². The van der Waals surface area contributed by atoms with Crippen LogP contribution in [0, 0.1) is 10.1 Å². The lowest BCUT2D eigenvalue weighted by molar-refractivity contribution is -0.384. The topological polar surface area (TPSA) is 113 Å². The van der Waals surface area contributed by atoms with Crippen molar-refractivity contribution in [2.45, 2.75) is 6.61 Å².